The summed E-state index contributed by atoms with van der Waals surface area (Å²) in [5.41, 5.74) is 0.912. The van der Waals surface area contributed by atoms with Crippen LogP contribution in [0.3, 0.4) is 0 Å². The van der Waals surface area contributed by atoms with E-state index in [9.17, 15) is 8.42 Å². The summed E-state index contributed by atoms with van der Waals surface area (Å²) in [5, 5.41) is 2.46. The zero-order valence-corrected chi connectivity index (χ0v) is 16.2. The fourth-order valence-corrected chi connectivity index (χ4v) is 6.87. The van der Waals surface area contributed by atoms with Crippen molar-refractivity contribution in [3.05, 3.63) is 46.2 Å². The Balaban J connectivity index is 1.84. The van der Waals surface area contributed by atoms with E-state index < -0.39 is 10.0 Å². The van der Waals surface area contributed by atoms with E-state index in [1.165, 1.54) is 12.0 Å². The molecule has 1 unspecified atom stereocenters. The molecule has 0 spiro atoms. The molecule has 0 saturated carbocycles. The summed E-state index contributed by atoms with van der Waals surface area (Å²) in [5.74, 6) is 1.21. The van der Waals surface area contributed by atoms with E-state index in [-0.39, 0.29) is 4.90 Å². The highest BCUT2D eigenvalue weighted by molar-refractivity contribution is 7.99. The van der Waals surface area contributed by atoms with Crippen LogP contribution in [0.25, 0.3) is 0 Å². The monoisotopic (exact) mass is 383 g/mol. The lowest BCUT2D eigenvalue weighted by Gasteiger charge is -2.21. The summed E-state index contributed by atoms with van der Waals surface area (Å²) < 4.78 is 33.1. The number of thioether (sulfide) groups is 1. The second-order valence-electron chi connectivity index (χ2n) is 5.72. The predicted molar refractivity (Wildman–Crippen MR) is 101 cm³/mol. The maximum atomic E-state index is 13.1. The van der Waals surface area contributed by atoms with Crippen LogP contribution in [0.2, 0.25) is 0 Å². The Morgan fingerprint density at radius 1 is 1.25 bits per heavy atom. The molecule has 0 radical (unpaired) electrons. The van der Waals surface area contributed by atoms with Gasteiger partial charge in [0.2, 0.25) is 10.0 Å². The molecule has 2 heterocycles. The van der Waals surface area contributed by atoms with E-state index in [2.05, 4.69) is 17.5 Å². The van der Waals surface area contributed by atoms with Gasteiger partial charge in [-0.25, -0.2) is 8.42 Å². The van der Waals surface area contributed by atoms with Crippen molar-refractivity contribution >= 4 is 33.1 Å². The van der Waals surface area contributed by atoms with Crippen LogP contribution >= 0.6 is 23.1 Å². The molecule has 1 fully saturated rings. The molecule has 0 N–H and O–H groups in total. The van der Waals surface area contributed by atoms with E-state index >= 15 is 0 Å². The molecule has 2 aromatic rings. The average molecular weight is 384 g/mol. The molecule has 24 heavy (non-hydrogen) atoms. The van der Waals surface area contributed by atoms with Crippen molar-refractivity contribution in [3.63, 3.8) is 0 Å². The summed E-state index contributed by atoms with van der Waals surface area (Å²) in [6, 6.07) is 9.47. The average Bonchev–Trinajstić information content (AvgIpc) is 2.98. The summed E-state index contributed by atoms with van der Waals surface area (Å²) in [7, 11) is -2.04. The number of hydrogen-bond donors (Lipinski definition) is 0. The first-order valence-corrected chi connectivity index (χ1v) is 11.2. The molecule has 7 heteroatoms. The number of rotatable bonds is 4. The maximum Gasteiger partial charge on any atom is 0.246 e. The highest BCUT2D eigenvalue weighted by Gasteiger charge is 2.30. The Morgan fingerprint density at radius 2 is 2.08 bits per heavy atom. The lowest BCUT2D eigenvalue weighted by molar-refractivity contribution is 0.392. The molecule has 0 bridgehead atoms. The maximum absolute atomic E-state index is 13.1. The molecule has 1 atom stereocenters. The number of hydrogen-bond acceptors (Lipinski definition) is 5. The highest BCUT2D eigenvalue weighted by Crippen LogP contribution is 2.38. The summed E-state index contributed by atoms with van der Waals surface area (Å²) in [6.45, 7) is 2.96. The standard InChI is InChI=1S/C17H21NO3S3/c1-13-5-6-14(21-2)17(12-13)24(19,20)18-8-7-16(23-11-9-18)15-4-3-10-22-15/h3-6,10,12,16H,7-9,11H2,1-2H3. The largest absolute Gasteiger partial charge is 0.495 e. The van der Waals surface area contributed by atoms with Crippen molar-refractivity contribution in [2.45, 2.75) is 23.5 Å². The third kappa shape index (κ3) is 3.64. The van der Waals surface area contributed by atoms with Crippen molar-refractivity contribution in [3.8, 4) is 5.75 Å². The minimum Gasteiger partial charge on any atom is -0.495 e. The molecule has 1 aromatic heterocycles. The molecular weight excluding hydrogens is 362 g/mol. The fourth-order valence-electron chi connectivity index (χ4n) is 2.82. The second kappa shape index (κ2) is 7.47. The first kappa shape index (κ1) is 17.8. The highest BCUT2D eigenvalue weighted by atomic mass is 32.2. The zero-order chi connectivity index (χ0) is 17.2. The molecule has 1 aliphatic rings. The van der Waals surface area contributed by atoms with Crippen molar-refractivity contribution < 1.29 is 13.2 Å². The third-order valence-corrected chi connectivity index (χ3v) is 8.46. The van der Waals surface area contributed by atoms with Gasteiger partial charge in [-0.2, -0.15) is 16.1 Å². The van der Waals surface area contributed by atoms with Gasteiger partial charge in [-0.3, -0.25) is 0 Å². The van der Waals surface area contributed by atoms with Crippen molar-refractivity contribution in [1.82, 2.24) is 4.31 Å². The van der Waals surface area contributed by atoms with E-state index in [4.69, 9.17) is 4.74 Å². The van der Waals surface area contributed by atoms with E-state index in [1.807, 2.05) is 24.8 Å². The van der Waals surface area contributed by atoms with Gasteiger partial charge in [0, 0.05) is 29.0 Å². The van der Waals surface area contributed by atoms with Gasteiger partial charge in [0.25, 0.3) is 0 Å². The summed E-state index contributed by atoms with van der Waals surface area (Å²) >= 11 is 3.59. The first-order chi connectivity index (χ1) is 11.5. The van der Waals surface area contributed by atoms with Crippen LogP contribution in [0.1, 0.15) is 22.1 Å². The number of nitrogens with zero attached hydrogens (tertiary/aromatic N) is 1. The van der Waals surface area contributed by atoms with Crippen molar-refractivity contribution in [2.75, 3.05) is 26.0 Å². The quantitative estimate of drug-likeness (QED) is 0.802. The van der Waals surface area contributed by atoms with Gasteiger partial charge in [-0.05, 0) is 42.5 Å². The number of methoxy groups -OCH3 is 1. The van der Waals surface area contributed by atoms with Crippen LogP contribution in [0.5, 0.6) is 5.75 Å². The molecule has 3 rings (SSSR count). The predicted octanol–water partition coefficient (Wildman–Crippen LogP) is 3.93. The van der Waals surface area contributed by atoms with Crippen molar-refractivity contribution in [1.29, 1.82) is 0 Å². The van der Waals surface area contributed by atoms with Gasteiger partial charge in [0.15, 0.2) is 0 Å². The Morgan fingerprint density at radius 3 is 2.79 bits per heavy atom. The Labute approximate surface area is 151 Å². The number of thiophene rings is 1. The van der Waals surface area contributed by atoms with Gasteiger partial charge in [-0.15, -0.1) is 11.3 Å². The molecule has 0 amide bonds. The lowest BCUT2D eigenvalue weighted by Crippen LogP contribution is -2.33. The van der Waals surface area contributed by atoms with E-state index in [0.29, 0.717) is 24.1 Å². The van der Waals surface area contributed by atoms with Crippen LogP contribution in [0.15, 0.2) is 40.6 Å². The second-order valence-corrected chi connectivity index (χ2v) is 9.92. The topological polar surface area (TPSA) is 46.6 Å². The molecule has 1 aliphatic heterocycles. The number of benzene rings is 1. The van der Waals surface area contributed by atoms with Gasteiger partial charge in [0.1, 0.15) is 10.6 Å². The van der Waals surface area contributed by atoms with Gasteiger partial charge < -0.3 is 4.74 Å². The minimum atomic E-state index is -3.54. The molecule has 1 saturated heterocycles. The van der Waals surface area contributed by atoms with Gasteiger partial charge in [0.05, 0.1) is 7.11 Å². The molecule has 4 nitrogen and oxygen atoms in total. The molecular formula is C17H21NO3S3. The fraction of sp³-hybridized carbons (Fsp3) is 0.412. The smallest absolute Gasteiger partial charge is 0.246 e. The summed E-state index contributed by atoms with van der Waals surface area (Å²) in [6.07, 6.45) is 0.832. The van der Waals surface area contributed by atoms with Crippen molar-refractivity contribution in [2.24, 2.45) is 0 Å². The molecule has 1 aromatic carbocycles. The first-order valence-electron chi connectivity index (χ1n) is 7.82. The summed E-state index contributed by atoms with van der Waals surface area (Å²) in [4.78, 5) is 1.59. The van der Waals surface area contributed by atoms with Gasteiger partial charge >= 0.3 is 0 Å². The van der Waals surface area contributed by atoms with Crippen LogP contribution in [0, 0.1) is 6.92 Å². The van der Waals surface area contributed by atoms with Crippen LogP contribution in [-0.4, -0.2) is 38.7 Å². The van der Waals surface area contributed by atoms with E-state index in [1.54, 1.807) is 27.8 Å². The van der Waals surface area contributed by atoms with E-state index in [0.717, 1.165) is 17.7 Å². The minimum absolute atomic E-state index is 0.268. The normalized spacial score (nSPS) is 19.8. The van der Waals surface area contributed by atoms with Crippen LogP contribution in [0.4, 0.5) is 0 Å². The van der Waals surface area contributed by atoms with Crippen LogP contribution in [-0.2, 0) is 10.0 Å². The number of ether oxygens (including phenoxy) is 1. The SMILES string of the molecule is COc1ccc(C)cc1S(=O)(=O)N1CCSC(c2cccs2)CC1. The van der Waals surface area contributed by atoms with Crippen LogP contribution < -0.4 is 4.74 Å². The Kier molecular flexibility index (Phi) is 5.54. The molecule has 130 valence electrons. The number of sulfonamides is 1. The van der Waals surface area contributed by atoms with Gasteiger partial charge in [-0.1, -0.05) is 12.1 Å². The Hall–Kier alpha value is -1.02. The lowest BCUT2D eigenvalue weighted by atomic mass is 10.2. The Bertz CT molecular complexity index is 787. The zero-order valence-electron chi connectivity index (χ0n) is 13.8. The third-order valence-electron chi connectivity index (χ3n) is 4.10. The molecule has 0 aliphatic carbocycles. The number of aryl methyl sites for hydroxylation is 1.